The molecule has 136 valence electrons. The first-order chi connectivity index (χ1) is 11.8. The first-order valence-electron chi connectivity index (χ1n) is 8.04. The topological polar surface area (TPSA) is 83.6 Å². The molecule has 6 nitrogen and oxygen atoms in total. The van der Waals surface area contributed by atoms with Crippen molar-refractivity contribution >= 4 is 44.9 Å². The van der Waals surface area contributed by atoms with Crippen molar-refractivity contribution in [3.63, 3.8) is 0 Å². The highest BCUT2D eigenvalue weighted by Gasteiger charge is 2.37. The average molecular weight is 405 g/mol. The van der Waals surface area contributed by atoms with Crippen LogP contribution in [0.25, 0.3) is 0 Å². The summed E-state index contributed by atoms with van der Waals surface area (Å²) in [5, 5.41) is 3.44. The SMILES string of the molecule is O=C(N[C@@H]1CCS(=O)(=O)C1)[C@H]1CCCN1C(=O)c1cc(Cl)ccc1Cl. The molecular formula is C16H18Cl2N2O4S. The van der Waals surface area contributed by atoms with Crippen LogP contribution in [-0.2, 0) is 14.6 Å². The largest absolute Gasteiger partial charge is 0.351 e. The van der Waals surface area contributed by atoms with Crippen LogP contribution in [0.4, 0.5) is 0 Å². The molecule has 1 aromatic rings. The number of likely N-dealkylation sites (tertiary alicyclic amines) is 1. The Kier molecular flexibility index (Phi) is 5.27. The molecule has 1 N–H and O–H groups in total. The van der Waals surface area contributed by atoms with Gasteiger partial charge in [-0.1, -0.05) is 23.2 Å². The molecule has 1 aromatic carbocycles. The van der Waals surface area contributed by atoms with Crippen molar-refractivity contribution in [2.75, 3.05) is 18.1 Å². The smallest absolute Gasteiger partial charge is 0.256 e. The second-order valence-electron chi connectivity index (χ2n) is 6.39. The van der Waals surface area contributed by atoms with Crippen molar-refractivity contribution in [3.8, 4) is 0 Å². The summed E-state index contributed by atoms with van der Waals surface area (Å²) in [7, 11) is -3.08. The van der Waals surface area contributed by atoms with Gasteiger partial charge in [0.2, 0.25) is 5.91 Å². The van der Waals surface area contributed by atoms with E-state index in [1.165, 1.54) is 11.0 Å². The molecule has 2 aliphatic heterocycles. The highest BCUT2D eigenvalue weighted by molar-refractivity contribution is 7.91. The third-order valence-electron chi connectivity index (χ3n) is 4.55. The lowest BCUT2D eigenvalue weighted by molar-refractivity contribution is -0.125. The summed E-state index contributed by atoms with van der Waals surface area (Å²) in [6.45, 7) is 0.447. The molecule has 2 saturated heterocycles. The fourth-order valence-electron chi connectivity index (χ4n) is 3.30. The second-order valence-corrected chi connectivity index (χ2v) is 9.46. The molecule has 0 saturated carbocycles. The molecule has 2 amide bonds. The zero-order valence-corrected chi connectivity index (χ0v) is 15.7. The van der Waals surface area contributed by atoms with E-state index in [4.69, 9.17) is 23.2 Å². The van der Waals surface area contributed by atoms with Crippen LogP contribution in [0.3, 0.4) is 0 Å². The Balaban J connectivity index is 1.72. The summed E-state index contributed by atoms with van der Waals surface area (Å²) in [5.41, 5.74) is 0.261. The fraction of sp³-hybridized carbons (Fsp3) is 0.500. The highest BCUT2D eigenvalue weighted by Crippen LogP contribution is 2.26. The Bertz CT molecular complexity index is 812. The van der Waals surface area contributed by atoms with Gasteiger partial charge in [-0.3, -0.25) is 9.59 Å². The van der Waals surface area contributed by atoms with E-state index in [0.717, 1.165) is 0 Å². The number of nitrogens with one attached hydrogen (secondary N) is 1. The van der Waals surface area contributed by atoms with Gasteiger partial charge in [-0.25, -0.2) is 8.42 Å². The number of hydrogen-bond acceptors (Lipinski definition) is 4. The van der Waals surface area contributed by atoms with E-state index in [1.54, 1.807) is 12.1 Å². The third-order valence-corrected chi connectivity index (χ3v) is 6.89. The number of carbonyl (C=O) groups excluding carboxylic acids is 2. The van der Waals surface area contributed by atoms with Gasteiger partial charge in [-0.15, -0.1) is 0 Å². The minimum absolute atomic E-state index is 0.0421. The standard InChI is InChI=1S/C16H18Cl2N2O4S/c17-10-3-4-13(18)12(8-10)16(22)20-6-1-2-14(20)15(21)19-11-5-7-25(23,24)9-11/h3-4,8,11,14H,1-2,5-7,9H2,(H,19,21)/t11-,14-/m1/s1. The van der Waals surface area contributed by atoms with Gasteiger partial charge in [-0.05, 0) is 37.5 Å². The summed E-state index contributed by atoms with van der Waals surface area (Å²) >= 11 is 12.0. The van der Waals surface area contributed by atoms with Gasteiger partial charge in [-0.2, -0.15) is 0 Å². The van der Waals surface area contributed by atoms with Gasteiger partial charge in [0.25, 0.3) is 5.91 Å². The lowest BCUT2D eigenvalue weighted by Gasteiger charge is -2.25. The van der Waals surface area contributed by atoms with Crippen LogP contribution < -0.4 is 5.32 Å². The Morgan fingerprint density at radius 1 is 1.20 bits per heavy atom. The lowest BCUT2D eigenvalue weighted by Crippen LogP contribution is -2.49. The normalized spacial score (nSPS) is 25.1. The molecule has 3 rings (SSSR count). The first-order valence-corrected chi connectivity index (χ1v) is 10.6. The summed E-state index contributed by atoms with van der Waals surface area (Å²) in [6, 6.07) is 3.63. The number of nitrogens with zero attached hydrogens (tertiary/aromatic N) is 1. The summed E-state index contributed by atoms with van der Waals surface area (Å²) in [6.07, 6.45) is 1.65. The summed E-state index contributed by atoms with van der Waals surface area (Å²) in [5.74, 6) is -0.613. The van der Waals surface area contributed by atoms with Crippen molar-refractivity contribution in [1.82, 2.24) is 10.2 Å². The van der Waals surface area contributed by atoms with Crippen LogP contribution in [0.15, 0.2) is 18.2 Å². The second kappa shape index (κ2) is 7.13. The number of amides is 2. The maximum absolute atomic E-state index is 12.8. The van der Waals surface area contributed by atoms with Gasteiger partial charge >= 0.3 is 0 Å². The maximum Gasteiger partial charge on any atom is 0.256 e. The molecular weight excluding hydrogens is 387 g/mol. The quantitative estimate of drug-likeness (QED) is 0.833. The van der Waals surface area contributed by atoms with Gasteiger partial charge in [0.05, 0.1) is 22.1 Å². The van der Waals surface area contributed by atoms with Crippen LogP contribution >= 0.6 is 23.2 Å². The van der Waals surface area contributed by atoms with Crippen LogP contribution in [0.1, 0.15) is 29.6 Å². The molecule has 0 radical (unpaired) electrons. The van der Waals surface area contributed by atoms with Crippen LogP contribution in [0.5, 0.6) is 0 Å². The van der Waals surface area contributed by atoms with E-state index in [-0.39, 0.29) is 39.9 Å². The van der Waals surface area contributed by atoms with Crippen LogP contribution in [-0.4, -0.2) is 55.3 Å². The Labute approximate surface area is 156 Å². The Morgan fingerprint density at radius 2 is 1.96 bits per heavy atom. The molecule has 2 atom stereocenters. The average Bonchev–Trinajstić information content (AvgIpc) is 3.15. The molecule has 0 aliphatic carbocycles. The van der Waals surface area contributed by atoms with E-state index in [2.05, 4.69) is 5.32 Å². The van der Waals surface area contributed by atoms with E-state index >= 15 is 0 Å². The molecule has 0 aromatic heterocycles. The number of carbonyl (C=O) groups is 2. The van der Waals surface area contributed by atoms with Gasteiger partial charge in [0.1, 0.15) is 6.04 Å². The van der Waals surface area contributed by atoms with Crippen molar-refractivity contribution in [1.29, 1.82) is 0 Å². The lowest BCUT2D eigenvalue weighted by atomic mass is 10.1. The number of benzene rings is 1. The van der Waals surface area contributed by atoms with E-state index in [0.29, 0.717) is 30.8 Å². The third kappa shape index (κ3) is 4.10. The molecule has 0 spiro atoms. The van der Waals surface area contributed by atoms with Crippen molar-refractivity contribution < 1.29 is 18.0 Å². The molecule has 2 fully saturated rings. The zero-order valence-electron chi connectivity index (χ0n) is 13.4. The fourth-order valence-corrected chi connectivity index (χ4v) is 5.35. The predicted molar refractivity (Wildman–Crippen MR) is 95.7 cm³/mol. The van der Waals surface area contributed by atoms with Crippen molar-refractivity contribution in [2.45, 2.75) is 31.3 Å². The molecule has 2 heterocycles. The maximum atomic E-state index is 12.8. The summed E-state index contributed by atoms with van der Waals surface area (Å²) in [4.78, 5) is 26.8. The monoisotopic (exact) mass is 404 g/mol. The number of halogens is 2. The number of hydrogen-bond donors (Lipinski definition) is 1. The van der Waals surface area contributed by atoms with E-state index in [1.807, 2.05) is 0 Å². The minimum atomic E-state index is -3.08. The highest BCUT2D eigenvalue weighted by atomic mass is 35.5. The van der Waals surface area contributed by atoms with E-state index < -0.39 is 15.9 Å². The zero-order chi connectivity index (χ0) is 18.2. The minimum Gasteiger partial charge on any atom is -0.351 e. The molecule has 0 unspecified atom stereocenters. The molecule has 0 bridgehead atoms. The van der Waals surface area contributed by atoms with Crippen molar-refractivity contribution in [3.05, 3.63) is 33.8 Å². The van der Waals surface area contributed by atoms with Gasteiger partial charge < -0.3 is 10.2 Å². The van der Waals surface area contributed by atoms with Crippen LogP contribution in [0, 0.1) is 0 Å². The Hall–Kier alpha value is -1.31. The summed E-state index contributed by atoms with van der Waals surface area (Å²) < 4.78 is 23.1. The number of sulfone groups is 1. The van der Waals surface area contributed by atoms with Gasteiger partial charge in [0.15, 0.2) is 9.84 Å². The van der Waals surface area contributed by atoms with Crippen LogP contribution in [0.2, 0.25) is 10.0 Å². The first kappa shape index (κ1) is 18.5. The Morgan fingerprint density at radius 3 is 2.64 bits per heavy atom. The molecule has 2 aliphatic rings. The molecule has 25 heavy (non-hydrogen) atoms. The van der Waals surface area contributed by atoms with Gasteiger partial charge in [0, 0.05) is 17.6 Å². The predicted octanol–water partition coefficient (Wildman–Crippen LogP) is 1.90. The van der Waals surface area contributed by atoms with Crippen molar-refractivity contribution in [2.24, 2.45) is 0 Å². The molecule has 9 heteroatoms. The van der Waals surface area contributed by atoms with E-state index in [9.17, 15) is 18.0 Å². The number of rotatable bonds is 3.